The summed E-state index contributed by atoms with van der Waals surface area (Å²) in [6.07, 6.45) is 5.52. The second kappa shape index (κ2) is 6.69. The zero-order valence-corrected chi connectivity index (χ0v) is 13.2. The van der Waals surface area contributed by atoms with Gasteiger partial charge in [-0.2, -0.15) is 0 Å². The lowest BCUT2D eigenvalue weighted by Crippen LogP contribution is -2.27. The van der Waals surface area contributed by atoms with Crippen molar-refractivity contribution in [3.63, 3.8) is 0 Å². The highest BCUT2D eigenvalue weighted by Crippen LogP contribution is 2.34. The molecule has 2 heterocycles. The maximum Gasteiger partial charge on any atom is 0.132 e. The van der Waals surface area contributed by atoms with Crippen molar-refractivity contribution in [1.82, 2.24) is 10.2 Å². The van der Waals surface area contributed by atoms with Crippen LogP contribution in [0.2, 0.25) is 0 Å². The van der Waals surface area contributed by atoms with Gasteiger partial charge < -0.3 is 5.32 Å². The van der Waals surface area contributed by atoms with Gasteiger partial charge in [-0.3, -0.25) is 4.90 Å². The van der Waals surface area contributed by atoms with Crippen molar-refractivity contribution in [2.24, 2.45) is 0 Å². The summed E-state index contributed by atoms with van der Waals surface area (Å²) >= 11 is 1.72. The van der Waals surface area contributed by atoms with E-state index in [-0.39, 0.29) is 5.82 Å². The number of thiophene rings is 1. The Bertz CT molecular complexity index is 648. The van der Waals surface area contributed by atoms with Crippen LogP contribution in [-0.2, 0) is 13.1 Å². The molecular formula is C17H21FN2S. The van der Waals surface area contributed by atoms with Gasteiger partial charge in [-0.15, -0.1) is 11.3 Å². The van der Waals surface area contributed by atoms with E-state index in [1.54, 1.807) is 23.5 Å². The Morgan fingerprint density at radius 2 is 2.24 bits per heavy atom. The number of nitrogens with zero attached hydrogens (tertiary/aromatic N) is 1. The molecule has 4 heteroatoms. The number of fused-ring (bicyclic) bond motifs is 1. The Morgan fingerprint density at radius 3 is 3.00 bits per heavy atom. The van der Waals surface area contributed by atoms with Crippen molar-refractivity contribution in [1.29, 1.82) is 0 Å². The van der Waals surface area contributed by atoms with Crippen LogP contribution in [-0.4, -0.2) is 24.5 Å². The van der Waals surface area contributed by atoms with Gasteiger partial charge in [0.2, 0.25) is 0 Å². The van der Waals surface area contributed by atoms with Gasteiger partial charge in [0, 0.05) is 41.1 Å². The quantitative estimate of drug-likeness (QED) is 0.843. The summed E-state index contributed by atoms with van der Waals surface area (Å²) in [6, 6.07) is 5.41. The molecule has 0 saturated carbocycles. The molecule has 0 aliphatic carbocycles. The number of rotatable bonds is 5. The second-order valence-electron chi connectivity index (χ2n) is 5.39. The first-order valence-corrected chi connectivity index (χ1v) is 8.38. The molecule has 0 fully saturated rings. The summed E-state index contributed by atoms with van der Waals surface area (Å²) in [4.78, 5) is 3.66. The van der Waals surface area contributed by atoms with Crippen LogP contribution in [0.1, 0.15) is 23.8 Å². The zero-order valence-electron chi connectivity index (χ0n) is 12.4. The van der Waals surface area contributed by atoms with E-state index >= 15 is 0 Å². The third-order valence-corrected chi connectivity index (χ3v) is 5.10. The van der Waals surface area contributed by atoms with Crippen LogP contribution in [0, 0.1) is 5.82 Å². The summed E-state index contributed by atoms with van der Waals surface area (Å²) < 4.78 is 15.4. The molecule has 0 spiro atoms. The minimum atomic E-state index is -0.0888. The predicted octanol–water partition coefficient (Wildman–Crippen LogP) is 3.91. The van der Waals surface area contributed by atoms with E-state index in [4.69, 9.17) is 0 Å². The average Bonchev–Trinajstić information content (AvgIpc) is 2.85. The number of nitrogens with one attached hydrogen (secondary N) is 1. The molecule has 112 valence electrons. The fourth-order valence-corrected chi connectivity index (χ4v) is 4.02. The number of hydrogen-bond acceptors (Lipinski definition) is 3. The van der Waals surface area contributed by atoms with Crippen molar-refractivity contribution in [2.75, 3.05) is 19.6 Å². The summed E-state index contributed by atoms with van der Waals surface area (Å²) in [5, 5.41) is 4.20. The average molecular weight is 304 g/mol. The van der Waals surface area contributed by atoms with E-state index in [0.29, 0.717) is 0 Å². The highest BCUT2D eigenvalue weighted by Gasteiger charge is 2.18. The molecule has 0 atom stereocenters. The van der Waals surface area contributed by atoms with E-state index in [1.807, 2.05) is 6.07 Å². The van der Waals surface area contributed by atoms with Crippen LogP contribution in [0.25, 0.3) is 10.1 Å². The molecule has 0 bridgehead atoms. The van der Waals surface area contributed by atoms with Crippen molar-refractivity contribution in [3.8, 4) is 0 Å². The van der Waals surface area contributed by atoms with Crippen LogP contribution >= 0.6 is 11.3 Å². The molecule has 1 N–H and O–H groups in total. The van der Waals surface area contributed by atoms with Gasteiger partial charge in [0.05, 0.1) is 0 Å². The van der Waals surface area contributed by atoms with Crippen LogP contribution in [0.3, 0.4) is 0 Å². The van der Waals surface area contributed by atoms with Crippen LogP contribution < -0.4 is 5.32 Å². The smallest absolute Gasteiger partial charge is 0.132 e. The monoisotopic (exact) mass is 304 g/mol. The lowest BCUT2D eigenvalue weighted by Gasteiger charge is -2.23. The molecule has 21 heavy (non-hydrogen) atoms. The van der Waals surface area contributed by atoms with Gasteiger partial charge in [0.15, 0.2) is 0 Å². The van der Waals surface area contributed by atoms with Gasteiger partial charge in [0.25, 0.3) is 0 Å². The molecule has 1 aliphatic heterocycles. The molecule has 1 aliphatic rings. The summed E-state index contributed by atoms with van der Waals surface area (Å²) in [7, 11) is 0. The molecule has 0 radical (unpaired) electrons. The van der Waals surface area contributed by atoms with Gasteiger partial charge in [-0.25, -0.2) is 4.39 Å². The van der Waals surface area contributed by atoms with E-state index in [1.165, 1.54) is 10.4 Å². The topological polar surface area (TPSA) is 15.3 Å². The molecule has 0 saturated heterocycles. The van der Waals surface area contributed by atoms with E-state index < -0.39 is 0 Å². The Labute approximate surface area is 129 Å². The third-order valence-electron chi connectivity index (χ3n) is 3.91. The minimum absolute atomic E-state index is 0.0888. The highest BCUT2D eigenvalue weighted by molar-refractivity contribution is 7.19. The van der Waals surface area contributed by atoms with Crippen LogP contribution in [0.4, 0.5) is 4.39 Å². The van der Waals surface area contributed by atoms with Crippen molar-refractivity contribution in [2.45, 2.75) is 26.4 Å². The summed E-state index contributed by atoms with van der Waals surface area (Å²) in [5.74, 6) is -0.0888. The fourth-order valence-electron chi connectivity index (χ4n) is 2.82. The highest BCUT2D eigenvalue weighted by atomic mass is 32.1. The van der Waals surface area contributed by atoms with E-state index in [0.717, 1.165) is 49.2 Å². The number of halogens is 1. The van der Waals surface area contributed by atoms with Gasteiger partial charge >= 0.3 is 0 Å². The molecular weight excluding hydrogens is 283 g/mol. The van der Waals surface area contributed by atoms with Crippen LogP contribution in [0.5, 0.6) is 0 Å². The second-order valence-corrected chi connectivity index (χ2v) is 6.53. The van der Waals surface area contributed by atoms with Crippen molar-refractivity contribution < 1.29 is 4.39 Å². The molecule has 3 rings (SSSR count). The molecule has 0 amide bonds. The van der Waals surface area contributed by atoms with Crippen LogP contribution in [0.15, 0.2) is 30.4 Å². The van der Waals surface area contributed by atoms with Crippen molar-refractivity contribution in [3.05, 3.63) is 46.6 Å². The minimum Gasteiger partial charge on any atom is -0.312 e. The maximum absolute atomic E-state index is 14.3. The molecule has 2 nitrogen and oxygen atoms in total. The number of benzene rings is 1. The van der Waals surface area contributed by atoms with Gasteiger partial charge in [-0.05, 0) is 30.7 Å². The molecule has 1 aromatic heterocycles. The number of hydrogen-bond donors (Lipinski definition) is 1. The molecule has 2 aromatic rings. The summed E-state index contributed by atoms with van der Waals surface area (Å²) in [5.41, 5.74) is 1.17. The Balaban J connectivity index is 1.97. The standard InChI is InChI=1S/C17H21FN2S/c1-2-19-11-16-13(12-20-9-4-3-5-10-20)17-14(18)7-6-8-15(17)21-16/h3-4,6-8,19H,2,5,9-12H2,1H3. The van der Waals surface area contributed by atoms with Gasteiger partial charge in [0.1, 0.15) is 5.82 Å². The lowest BCUT2D eigenvalue weighted by atomic mass is 10.1. The fraction of sp³-hybridized carbons (Fsp3) is 0.412. The lowest BCUT2D eigenvalue weighted by molar-refractivity contribution is 0.291. The molecule has 1 aromatic carbocycles. The Kier molecular flexibility index (Phi) is 4.68. The first-order valence-electron chi connectivity index (χ1n) is 7.56. The predicted molar refractivity (Wildman–Crippen MR) is 88.2 cm³/mol. The summed E-state index contributed by atoms with van der Waals surface area (Å²) in [6.45, 7) is 6.72. The molecule has 0 unspecified atom stereocenters. The Hall–Kier alpha value is -1.23. The van der Waals surface area contributed by atoms with Crippen molar-refractivity contribution >= 4 is 21.4 Å². The first-order chi connectivity index (χ1) is 10.3. The normalized spacial score (nSPS) is 15.9. The SMILES string of the molecule is CCNCc1sc2cccc(F)c2c1CN1CC=CCC1. The van der Waals surface area contributed by atoms with E-state index in [9.17, 15) is 4.39 Å². The first kappa shape index (κ1) is 14.7. The Morgan fingerprint density at radius 1 is 1.33 bits per heavy atom. The zero-order chi connectivity index (χ0) is 14.7. The third kappa shape index (κ3) is 3.18. The maximum atomic E-state index is 14.3. The largest absolute Gasteiger partial charge is 0.312 e. The van der Waals surface area contributed by atoms with E-state index in [2.05, 4.69) is 29.3 Å². The van der Waals surface area contributed by atoms with Gasteiger partial charge in [-0.1, -0.05) is 25.1 Å².